The third-order valence-electron chi connectivity index (χ3n) is 3.16. The number of anilines is 1. The number of nitrogens with one attached hydrogen (secondary N) is 2. The molecule has 0 heterocycles. The van der Waals surface area contributed by atoms with Crippen LogP contribution in [0.2, 0.25) is 0 Å². The van der Waals surface area contributed by atoms with Gasteiger partial charge in [-0.1, -0.05) is 19.8 Å². The van der Waals surface area contributed by atoms with E-state index in [-0.39, 0.29) is 5.91 Å². The smallest absolute Gasteiger partial charge is 0.325 e. The molecule has 0 aliphatic carbocycles. The zero-order valence-electron chi connectivity index (χ0n) is 12.9. The quantitative estimate of drug-likeness (QED) is 0.643. The topological polar surface area (TPSA) is 95.5 Å². The van der Waals surface area contributed by atoms with Gasteiger partial charge >= 0.3 is 5.97 Å². The van der Waals surface area contributed by atoms with E-state index in [4.69, 9.17) is 5.11 Å². The number of carbonyl (C=O) groups excluding carboxylic acids is 2. The number of hydrogen-bond donors (Lipinski definition) is 3. The summed E-state index contributed by atoms with van der Waals surface area (Å²) in [6.07, 6.45) is 3.42. The summed E-state index contributed by atoms with van der Waals surface area (Å²) in [6.45, 7) is 3.47. The van der Waals surface area contributed by atoms with E-state index in [1.807, 2.05) is 0 Å². The molecule has 0 aliphatic rings. The molecule has 0 aliphatic heterocycles. The van der Waals surface area contributed by atoms with Crippen LogP contribution in [0.1, 0.15) is 49.9 Å². The highest BCUT2D eigenvalue weighted by molar-refractivity contribution is 5.97. The summed E-state index contributed by atoms with van der Waals surface area (Å²) >= 11 is 0. The van der Waals surface area contributed by atoms with Gasteiger partial charge in [-0.05, 0) is 37.6 Å². The minimum absolute atomic E-state index is 0.0508. The van der Waals surface area contributed by atoms with Crippen LogP contribution in [0, 0.1) is 0 Å². The van der Waals surface area contributed by atoms with Crippen molar-refractivity contribution in [2.45, 2.75) is 45.6 Å². The summed E-state index contributed by atoms with van der Waals surface area (Å²) in [5, 5.41) is 13.9. The maximum absolute atomic E-state index is 11.8. The van der Waals surface area contributed by atoms with Crippen LogP contribution in [-0.4, -0.2) is 28.9 Å². The third kappa shape index (κ3) is 5.95. The fraction of sp³-hybridized carbons (Fsp3) is 0.438. The first-order valence-corrected chi connectivity index (χ1v) is 7.37. The Bertz CT molecular complexity index is 525. The minimum Gasteiger partial charge on any atom is -0.480 e. The zero-order chi connectivity index (χ0) is 16.5. The molecule has 3 N–H and O–H groups in total. The molecule has 120 valence electrons. The van der Waals surface area contributed by atoms with Gasteiger partial charge in [0.05, 0.1) is 0 Å². The molecule has 0 saturated carbocycles. The van der Waals surface area contributed by atoms with Gasteiger partial charge in [-0.15, -0.1) is 0 Å². The maximum Gasteiger partial charge on any atom is 0.325 e. The molecule has 0 saturated heterocycles. The number of hydrogen-bond acceptors (Lipinski definition) is 3. The van der Waals surface area contributed by atoms with E-state index in [2.05, 4.69) is 17.6 Å². The van der Waals surface area contributed by atoms with Crippen LogP contribution < -0.4 is 10.6 Å². The highest BCUT2D eigenvalue weighted by Gasteiger charge is 2.15. The van der Waals surface area contributed by atoms with Gasteiger partial charge in [-0.25, -0.2) is 0 Å². The largest absolute Gasteiger partial charge is 0.480 e. The molecule has 6 heteroatoms. The van der Waals surface area contributed by atoms with E-state index >= 15 is 0 Å². The summed E-state index contributed by atoms with van der Waals surface area (Å²) in [6, 6.07) is 5.39. The molecule has 0 bridgehead atoms. The van der Waals surface area contributed by atoms with Crippen LogP contribution in [-0.2, 0) is 9.59 Å². The molecular weight excluding hydrogens is 284 g/mol. The first-order valence-electron chi connectivity index (χ1n) is 7.37. The third-order valence-corrected chi connectivity index (χ3v) is 3.16. The first-order chi connectivity index (χ1) is 10.4. The molecular formula is C16H22N2O4. The summed E-state index contributed by atoms with van der Waals surface area (Å²) in [5.74, 6) is -1.61. The molecule has 6 nitrogen and oxygen atoms in total. The van der Waals surface area contributed by atoms with Crippen LogP contribution in [0.15, 0.2) is 24.3 Å². The molecule has 0 radical (unpaired) electrons. The standard InChI is InChI=1S/C16H22N2O4/c1-3-4-5-6-14(19)18-13-9-7-12(8-10-13)15(20)17-11(2)16(21)22/h7-11H,3-6H2,1-2H3,(H,17,20)(H,18,19)(H,21,22). The van der Waals surface area contributed by atoms with Gasteiger partial charge in [0, 0.05) is 17.7 Å². The molecule has 2 amide bonds. The Morgan fingerprint density at radius 1 is 1.14 bits per heavy atom. The lowest BCUT2D eigenvalue weighted by atomic mass is 10.1. The van der Waals surface area contributed by atoms with E-state index in [0.29, 0.717) is 17.7 Å². The highest BCUT2D eigenvalue weighted by Crippen LogP contribution is 2.11. The number of carboxylic acid groups (broad SMARTS) is 1. The normalized spacial score (nSPS) is 11.5. The number of benzene rings is 1. The summed E-state index contributed by atoms with van der Waals surface area (Å²) in [4.78, 5) is 34.2. The van der Waals surface area contributed by atoms with Crippen LogP contribution in [0.25, 0.3) is 0 Å². The molecule has 1 atom stereocenters. The van der Waals surface area contributed by atoms with Gasteiger partial charge in [-0.2, -0.15) is 0 Å². The van der Waals surface area contributed by atoms with Crippen molar-refractivity contribution >= 4 is 23.5 Å². The number of carbonyl (C=O) groups is 3. The second-order valence-corrected chi connectivity index (χ2v) is 5.12. The highest BCUT2D eigenvalue weighted by atomic mass is 16.4. The van der Waals surface area contributed by atoms with Crippen molar-refractivity contribution < 1.29 is 19.5 Å². The zero-order valence-corrected chi connectivity index (χ0v) is 12.9. The van der Waals surface area contributed by atoms with Crippen molar-refractivity contribution in [1.29, 1.82) is 0 Å². The van der Waals surface area contributed by atoms with Gasteiger partial charge in [0.2, 0.25) is 5.91 Å². The summed E-state index contributed by atoms with van der Waals surface area (Å²) < 4.78 is 0. The number of rotatable bonds is 8. The lowest BCUT2D eigenvalue weighted by Crippen LogP contribution is -2.38. The Balaban J connectivity index is 2.53. The average molecular weight is 306 g/mol. The molecule has 1 rings (SSSR count). The number of amides is 2. The van der Waals surface area contributed by atoms with Crippen molar-refractivity contribution in [3.8, 4) is 0 Å². The van der Waals surface area contributed by atoms with E-state index in [0.717, 1.165) is 19.3 Å². The van der Waals surface area contributed by atoms with Crippen molar-refractivity contribution in [3.63, 3.8) is 0 Å². The molecule has 22 heavy (non-hydrogen) atoms. The van der Waals surface area contributed by atoms with E-state index in [1.165, 1.54) is 6.92 Å². The summed E-state index contributed by atoms with van der Waals surface area (Å²) in [7, 11) is 0. The monoisotopic (exact) mass is 306 g/mol. The lowest BCUT2D eigenvalue weighted by molar-refractivity contribution is -0.138. The van der Waals surface area contributed by atoms with Crippen LogP contribution in [0.3, 0.4) is 0 Å². The molecule has 0 spiro atoms. The second kappa shape index (κ2) is 8.81. The maximum atomic E-state index is 11.8. The van der Waals surface area contributed by atoms with Crippen LogP contribution in [0.4, 0.5) is 5.69 Å². The Morgan fingerprint density at radius 3 is 2.32 bits per heavy atom. The Hall–Kier alpha value is -2.37. The van der Waals surface area contributed by atoms with Crippen LogP contribution >= 0.6 is 0 Å². The van der Waals surface area contributed by atoms with Gasteiger partial charge in [0.25, 0.3) is 5.91 Å². The van der Waals surface area contributed by atoms with Crippen LogP contribution in [0.5, 0.6) is 0 Å². The Kier molecular flexibility index (Phi) is 7.08. The number of unbranched alkanes of at least 4 members (excludes halogenated alkanes) is 2. The number of carboxylic acids is 1. The van der Waals surface area contributed by atoms with E-state index in [9.17, 15) is 14.4 Å². The van der Waals surface area contributed by atoms with Crippen molar-refractivity contribution in [2.24, 2.45) is 0 Å². The fourth-order valence-corrected chi connectivity index (χ4v) is 1.81. The van der Waals surface area contributed by atoms with Gasteiger partial charge in [0.1, 0.15) is 6.04 Å². The minimum atomic E-state index is -1.09. The van der Waals surface area contributed by atoms with Crippen molar-refractivity contribution in [1.82, 2.24) is 5.32 Å². The lowest BCUT2D eigenvalue weighted by Gasteiger charge is -2.10. The fourth-order valence-electron chi connectivity index (χ4n) is 1.81. The second-order valence-electron chi connectivity index (χ2n) is 5.12. The molecule has 1 aromatic rings. The van der Waals surface area contributed by atoms with E-state index < -0.39 is 17.9 Å². The van der Waals surface area contributed by atoms with Gasteiger partial charge < -0.3 is 15.7 Å². The molecule has 0 fully saturated rings. The summed E-state index contributed by atoms with van der Waals surface area (Å²) in [5.41, 5.74) is 0.960. The van der Waals surface area contributed by atoms with Crippen molar-refractivity contribution in [2.75, 3.05) is 5.32 Å². The number of aliphatic carboxylic acids is 1. The van der Waals surface area contributed by atoms with Gasteiger partial charge in [0.15, 0.2) is 0 Å². The molecule has 1 aromatic carbocycles. The molecule has 1 unspecified atom stereocenters. The predicted octanol–water partition coefficient (Wildman–Crippen LogP) is 2.41. The predicted molar refractivity (Wildman–Crippen MR) is 83.8 cm³/mol. The molecule has 0 aromatic heterocycles. The van der Waals surface area contributed by atoms with Crippen molar-refractivity contribution in [3.05, 3.63) is 29.8 Å². The Labute approximate surface area is 129 Å². The van der Waals surface area contributed by atoms with E-state index in [1.54, 1.807) is 24.3 Å². The average Bonchev–Trinajstić information content (AvgIpc) is 2.48. The Morgan fingerprint density at radius 2 is 1.77 bits per heavy atom. The SMILES string of the molecule is CCCCCC(=O)Nc1ccc(C(=O)NC(C)C(=O)O)cc1. The first kappa shape index (κ1) is 17.7. The van der Waals surface area contributed by atoms with Gasteiger partial charge in [-0.3, -0.25) is 14.4 Å².